The molecule has 5 aromatic rings. The lowest BCUT2D eigenvalue weighted by Crippen LogP contribution is -2.05. The van der Waals surface area contributed by atoms with Crippen molar-refractivity contribution in [3.8, 4) is 22.8 Å². The first-order valence-corrected chi connectivity index (χ1v) is 10.1. The van der Waals surface area contributed by atoms with Crippen LogP contribution < -0.4 is 0 Å². The zero-order chi connectivity index (χ0) is 20.8. The summed E-state index contributed by atoms with van der Waals surface area (Å²) in [6.07, 6.45) is 1.62. The summed E-state index contributed by atoms with van der Waals surface area (Å²) in [5.41, 5.74) is 8.83. The van der Waals surface area contributed by atoms with E-state index in [4.69, 9.17) is 4.98 Å². The standard InChI is InChI=1S/C25H23N5/c1-16-12-17(2)24(18(3)13-16)30-25(26-15-27-30)20-10-11-23-22(14-20)28-19(4)29(23)21-8-6-5-7-9-21/h5-15H,1-4H3. The number of nitrogens with zero attached hydrogens (tertiary/aromatic N) is 5. The molecule has 5 heteroatoms. The number of para-hydroxylation sites is 1. The van der Waals surface area contributed by atoms with Gasteiger partial charge < -0.3 is 0 Å². The second-order valence-corrected chi connectivity index (χ2v) is 7.78. The predicted octanol–water partition coefficient (Wildman–Crippen LogP) is 5.51. The van der Waals surface area contributed by atoms with E-state index in [1.807, 2.05) is 29.8 Å². The molecular formula is C25H23N5. The van der Waals surface area contributed by atoms with E-state index >= 15 is 0 Å². The Morgan fingerprint density at radius 2 is 1.53 bits per heavy atom. The molecule has 0 saturated heterocycles. The maximum atomic E-state index is 4.81. The molecule has 0 aliphatic heterocycles. The molecule has 2 aromatic heterocycles. The molecule has 0 aliphatic carbocycles. The fourth-order valence-electron chi connectivity index (χ4n) is 4.35. The normalized spacial score (nSPS) is 11.3. The topological polar surface area (TPSA) is 48.5 Å². The first kappa shape index (κ1) is 18.3. The molecule has 0 bridgehead atoms. The summed E-state index contributed by atoms with van der Waals surface area (Å²) in [4.78, 5) is 9.39. The highest BCUT2D eigenvalue weighted by atomic mass is 15.3. The molecule has 5 rings (SSSR count). The van der Waals surface area contributed by atoms with Crippen LogP contribution in [-0.2, 0) is 0 Å². The second-order valence-electron chi connectivity index (χ2n) is 7.78. The maximum absolute atomic E-state index is 4.81. The van der Waals surface area contributed by atoms with Crippen molar-refractivity contribution in [3.05, 3.63) is 89.5 Å². The Morgan fingerprint density at radius 1 is 0.800 bits per heavy atom. The van der Waals surface area contributed by atoms with E-state index in [9.17, 15) is 0 Å². The summed E-state index contributed by atoms with van der Waals surface area (Å²) >= 11 is 0. The third-order valence-corrected chi connectivity index (χ3v) is 5.49. The zero-order valence-electron chi connectivity index (χ0n) is 17.6. The molecule has 0 radical (unpaired) electrons. The Hall–Kier alpha value is -3.73. The van der Waals surface area contributed by atoms with E-state index in [1.54, 1.807) is 6.33 Å². The van der Waals surface area contributed by atoms with E-state index < -0.39 is 0 Å². The Kier molecular flexibility index (Phi) is 4.24. The van der Waals surface area contributed by atoms with Crippen molar-refractivity contribution in [3.63, 3.8) is 0 Å². The van der Waals surface area contributed by atoms with Crippen LogP contribution in [0.5, 0.6) is 0 Å². The fraction of sp³-hybridized carbons (Fsp3) is 0.160. The molecule has 0 aliphatic rings. The molecule has 5 nitrogen and oxygen atoms in total. The van der Waals surface area contributed by atoms with Gasteiger partial charge in [0.1, 0.15) is 12.2 Å². The monoisotopic (exact) mass is 393 g/mol. The lowest BCUT2D eigenvalue weighted by molar-refractivity contribution is 0.870. The summed E-state index contributed by atoms with van der Waals surface area (Å²) in [5, 5.41) is 4.54. The Balaban J connectivity index is 1.66. The van der Waals surface area contributed by atoms with Crippen molar-refractivity contribution in [2.45, 2.75) is 27.7 Å². The van der Waals surface area contributed by atoms with E-state index in [0.29, 0.717) is 0 Å². The first-order chi connectivity index (χ1) is 14.5. The molecule has 0 unspecified atom stereocenters. The highest BCUT2D eigenvalue weighted by molar-refractivity contribution is 5.83. The highest BCUT2D eigenvalue weighted by Crippen LogP contribution is 2.29. The van der Waals surface area contributed by atoms with Crippen LogP contribution in [0.4, 0.5) is 0 Å². The molecule has 0 spiro atoms. The summed E-state index contributed by atoms with van der Waals surface area (Å²) in [5.74, 6) is 1.78. The number of hydrogen-bond donors (Lipinski definition) is 0. The quantitative estimate of drug-likeness (QED) is 0.406. The van der Waals surface area contributed by atoms with Crippen LogP contribution in [0.25, 0.3) is 33.8 Å². The fourth-order valence-corrected chi connectivity index (χ4v) is 4.35. The summed E-state index contributed by atoms with van der Waals surface area (Å²) in [6, 6.07) is 21.0. The largest absolute Gasteiger partial charge is 0.297 e. The van der Waals surface area contributed by atoms with Gasteiger partial charge in [-0.05, 0) is 69.2 Å². The van der Waals surface area contributed by atoms with Gasteiger partial charge in [0.2, 0.25) is 0 Å². The van der Waals surface area contributed by atoms with Gasteiger partial charge in [-0.2, -0.15) is 5.10 Å². The van der Waals surface area contributed by atoms with Gasteiger partial charge in [-0.1, -0.05) is 35.9 Å². The number of hydrogen-bond acceptors (Lipinski definition) is 3. The van der Waals surface area contributed by atoms with Crippen LogP contribution in [0.2, 0.25) is 0 Å². The van der Waals surface area contributed by atoms with Crippen LogP contribution in [0.1, 0.15) is 22.5 Å². The van der Waals surface area contributed by atoms with Gasteiger partial charge in [-0.15, -0.1) is 0 Å². The molecule has 30 heavy (non-hydrogen) atoms. The lowest BCUT2D eigenvalue weighted by atomic mass is 10.0. The van der Waals surface area contributed by atoms with E-state index in [2.05, 4.69) is 77.9 Å². The second kappa shape index (κ2) is 6.95. The molecule has 0 N–H and O–H groups in total. The molecule has 0 fully saturated rings. The minimum atomic E-state index is 0.818. The van der Waals surface area contributed by atoms with Crippen LogP contribution in [-0.4, -0.2) is 24.3 Å². The molecular weight excluding hydrogens is 370 g/mol. The number of aryl methyl sites for hydroxylation is 4. The van der Waals surface area contributed by atoms with Gasteiger partial charge in [-0.3, -0.25) is 4.57 Å². The van der Waals surface area contributed by atoms with Crippen molar-refractivity contribution in [2.24, 2.45) is 0 Å². The van der Waals surface area contributed by atoms with Crippen molar-refractivity contribution >= 4 is 11.0 Å². The van der Waals surface area contributed by atoms with Crippen LogP contribution >= 0.6 is 0 Å². The van der Waals surface area contributed by atoms with Crippen molar-refractivity contribution in [1.82, 2.24) is 24.3 Å². The van der Waals surface area contributed by atoms with Crippen molar-refractivity contribution in [2.75, 3.05) is 0 Å². The molecule has 2 heterocycles. The number of imidazole rings is 1. The van der Waals surface area contributed by atoms with E-state index in [-0.39, 0.29) is 0 Å². The summed E-state index contributed by atoms with van der Waals surface area (Å²) in [6.45, 7) is 8.39. The zero-order valence-corrected chi connectivity index (χ0v) is 17.6. The molecule has 0 saturated carbocycles. The molecule has 0 amide bonds. The molecule has 0 atom stereocenters. The van der Waals surface area contributed by atoms with Crippen LogP contribution in [0, 0.1) is 27.7 Å². The average Bonchev–Trinajstić information content (AvgIpc) is 3.31. The summed E-state index contributed by atoms with van der Waals surface area (Å²) < 4.78 is 4.12. The maximum Gasteiger partial charge on any atom is 0.163 e. The third kappa shape index (κ3) is 2.90. The first-order valence-electron chi connectivity index (χ1n) is 10.1. The smallest absolute Gasteiger partial charge is 0.163 e. The number of aromatic nitrogens is 5. The van der Waals surface area contributed by atoms with Crippen LogP contribution in [0.3, 0.4) is 0 Å². The number of benzene rings is 3. The van der Waals surface area contributed by atoms with Gasteiger partial charge in [0, 0.05) is 11.3 Å². The SMILES string of the molecule is Cc1cc(C)c(-n2ncnc2-c2ccc3c(c2)nc(C)n3-c2ccccc2)c(C)c1. The minimum Gasteiger partial charge on any atom is -0.297 e. The van der Waals surface area contributed by atoms with Gasteiger partial charge >= 0.3 is 0 Å². The Labute approximate surface area is 175 Å². The Morgan fingerprint density at radius 3 is 2.27 bits per heavy atom. The van der Waals surface area contributed by atoms with Gasteiger partial charge in [0.25, 0.3) is 0 Å². The third-order valence-electron chi connectivity index (χ3n) is 5.49. The highest BCUT2D eigenvalue weighted by Gasteiger charge is 2.16. The Bertz CT molecular complexity index is 1350. The lowest BCUT2D eigenvalue weighted by Gasteiger charge is -2.13. The van der Waals surface area contributed by atoms with Crippen molar-refractivity contribution in [1.29, 1.82) is 0 Å². The average molecular weight is 393 g/mol. The minimum absolute atomic E-state index is 0.818. The van der Waals surface area contributed by atoms with Gasteiger partial charge in [0.15, 0.2) is 5.82 Å². The van der Waals surface area contributed by atoms with Gasteiger partial charge in [-0.25, -0.2) is 14.6 Å². The summed E-state index contributed by atoms with van der Waals surface area (Å²) in [7, 11) is 0. The van der Waals surface area contributed by atoms with E-state index in [1.165, 1.54) is 16.7 Å². The van der Waals surface area contributed by atoms with Crippen LogP contribution in [0.15, 0.2) is 67.0 Å². The predicted molar refractivity (Wildman–Crippen MR) is 120 cm³/mol. The number of fused-ring (bicyclic) bond motifs is 1. The van der Waals surface area contributed by atoms with E-state index in [0.717, 1.165) is 39.6 Å². The molecule has 148 valence electrons. The number of rotatable bonds is 3. The van der Waals surface area contributed by atoms with Crippen molar-refractivity contribution < 1.29 is 0 Å². The molecule has 3 aromatic carbocycles. The van der Waals surface area contributed by atoms with Gasteiger partial charge in [0.05, 0.1) is 16.7 Å².